The summed E-state index contributed by atoms with van der Waals surface area (Å²) in [4.78, 5) is 0. The molecule has 0 amide bonds. The molecule has 1 fully saturated rings. The molecule has 17 heavy (non-hydrogen) atoms. The summed E-state index contributed by atoms with van der Waals surface area (Å²) in [6.07, 6.45) is 10.1. The second-order valence-corrected chi connectivity index (χ2v) is 5.53. The summed E-state index contributed by atoms with van der Waals surface area (Å²) in [6, 6.07) is 0. The number of methoxy groups -OCH3 is 1. The summed E-state index contributed by atoms with van der Waals surface area (Å²) < 4.78 is 5.16. The van der Waals surface area contributed by atoms with Gasteiger partial charge in [-0.05, 0) is 18.8 Å². The van der Waals surface area contributed by atoms with Crippen molar-refractivity contribution in [2.24, 2.45) is 11.8 Å². The number of ether oxygens (including phenoxy) is 1. The first kappa shape index (κ1) is 17.2. The van der Waals surface area contributed by atoms with Crippen LogP contribution in [-0.2, 0) is 4.74 Å². The summed E-state index contributed by atoms with van der Waals surface area (Å²) in [5, 5.41) is 10.0. The van der Waals surface area contributed by atoms with E-state index in [9.17, 15) is 5.11 Å². The number of rotatable bonds is 6. The average Bonchev–Trinajstić information content (AvgIpc) is 2.29. The summed E-state index contributed by atoms with van der Waals surface area (Å²) in [7, 11) is 1.60. The second-order valence-electron chi connectivity index (χ2n) is 5.53. The van der Waals surface area contributed by atoms with E-state index in [1.54, 1.807) is 14.0 Å². The lowest BCUT2D eigenvalue weighted by Gasteiger charge is -2.34. The summed E-state index contributed by atoms with van der Waals surface area (Å²) in [5.74, 6) is 0.521. The first-order chi connectivity index (χ1) is 7.59. The Morgan fingerprint density at radius 1 is 1.29 bits per heavy atom. The molecule has 0 aromatic carbocycles. The molecule has 0 aromatic rings. The van der Waals surface area contributed by atoms with Gasteiger partial charge in [-0.2, -0.15) is 0 Å². The van der Waals surface area contributed by atoms with Crippen LogP contribution in [0.2, 0.25) is 0 Å². The van der Waals surface area contributed by atoms with Crippen LogP contribution in [0.5, 0.6) is 0 Å². The Morgan fingerprint density at radius 2 is 1.88 bits per heavy atom. The predicted molar refractivity (Wildman–Crippen MR) is 74.5 cm³/mol. The number of aliphatic hydroxyl groups is 1. The van der Waals surface area contributed by atoms with Gasteiger partial charge in [0, 0.05) is 13.5 Å². The minimum absolute atomic E-state index is 0. The van der Waals surface area contributed by atoms with Crippen LogP contribution in [-0.4, -0.2) is 18.0 Å². The standard InChI is InChI=1S/C14H28O2.ClH/c1-4-8-13(11-14(2,15)16-3)12-9-6-5-7-10-12;/h12-13,15H,4-11H2,1-3H3;1H. The van der Waals surface area contributed by atoms with Gasteiger partial charge in [0.05, 0.1) is 0 Å². The quantitative estimate of drug-likeness (QED) is 0.731. The molecule has 1 aliphatic rings. The van der Waals surface area contributed by atoms with E-state index in [4.69, 9.17) is 4.74 Å². The normalized spacial score (nSPS) is 22.6. The van der Waals surface area contributed by atoms with Crippen LogP contribution >= 0.6 is 12.4 Å². The third-order valence-electron chi connectivity index (χ3n) is 4.06. The molecule has 2 nitrogen and oxygen atoms in total. The van der Waals surface area contributed by atoms with Crippen molar-refractivity contribution in [1.29, 1.82) is 0 Å². The monoisotopic (exact) mass is 264 g/mol. The highest BCUT2D eigenvalue weighted by Crippen LogP contribution is 2.36. The maximum Gasteiger partial charge on any atom is 0.162 e. The zero-order valence-electron chi connectivity index (χ0n) is 11.6. The fourth-order valence-corrected chi connectivity index (χ4v) is 3.05. The lowest BCUT2D eigenvalue weighted by atomic mass is 9.75. The SMILES string of the molecule is CCCC(CC(C)(O)OC)C1CCCCC1.Cl. The predicted octanol–water partition coefficient (Wildman–Crippen LogP) is 4.15. The second kappa shape index (κ2) is 8.34. The first-order valence-electron chi connectivity index (χ1n) is 6.86. The fourth-order valence-electron chi connectivity index (χ4n) is 3.05. The minimum Gasteiger partial charge on any atom is -0.366 e. The molecule has 0 aromatic heterocycles. The van der Waals surface area contributed by atoms with Crippen LogP contribution in [0.3, 0.4) is 0 Å². The van der Waals surface area contributed by atoms with Gasteiger partial charge in [0.2, 0.25) is 0 Å². The Hall–Kier alpha value is 0.210. The smallest absolute Gasteiger partial charge is 0.162 e. The topological polar surface area (TPSA) is 29.5 Å². The van der Waals surface area contributed by atoms with Gasteiger partial charge < -0.3 is 9.84 Å². The molecule has 104 valence electrons. The third kappa shape index (κ3) is 6.08. The molecular weight excluding hydrogens is 236 g/mol. The van der Waals surface area contributed by atoms with Crippen molar-refractivity contribution in [1.82, 2.24) is 0 Å². The van der Waals surface area contributed by atoms with E-state index in [-0.39, 0.29) is 12.4 Å². The molecule has 0 aliphatic heterocycles. The zero-order chi connectivity index (χ0) is 12.0. The zero-order valence-corrected chi connectivity index (χ0v) is 12.4. The fraction of sp³-hybridized carbons (Fsp3) is 1.00. The maximum atomic E-state index is 10.0. The first-order valence-corrected chi connectivity index (χ1v) is 6.86. The van der Waals surface area contributed by atoms with Crippen molar-refractivity contribution >= 4 is 12.4 Å². The Balaban J connectivity index is 0.00000256. The van der Waals surface area contributed by atoms with Crippen molar-refractivity contribution in [3.05, 3.63) is 0 Å². The van der Waals surface area contributed by atoms with Gasteiger partial charge in [-0.25, -0.2) is 0 Å². The largest absolute Gasteiger partial charge is 0.366 e. The van der Waals surface area contributed by atoms with Gasteiger partial charge in [0.1, 0.15) is 0 Å². The molecule has 3 heteroatoms. The van der Waals surface area contributed by atoms with Crippen LogP contribution in [0.4, 0.5) is 0 Å². The lowest BCUT2D eigenvalue weighted by molar-refractivity contribution is -0.186. The van der Waals surface area contributed by atoms with Crippen molar-refractivity contribution in [3.8, 4) is 0 Å². The Morgan fingerprint density at radius 3 is 2.35 bits per heavy atom. The minimum atomic E-state index is -0.933. The molecule has 0 spiro atoms. The van der Waals surface area contributed by atoms with E-state index in [0.717, 1.165) is 12.3 Å². The van der Waals surface area contributed by atoms with Gasteiger partial charge in [-0.3, -0.25) is 0 Å². The van der Waals surface area contributed by atoms with Crippen molar-refractivity contribution < 1.29 is 9.84 Å². The highest BCUT2D eigenvalue weighted by atomic mass is 35.5. The van der Waals surface area contributed by atoms with E-state index < -0.39 is 5.79 Å². The van der Waals surface area contributed by atoms with E-state index in [1.165, 1.54) is 44.9 Å². The van der Waals surface area contributed by atoms with Crippen LogP contribution in [0, 0.1) is 11.8 Å². The molecule has 1 saturated carbocycles. The molecular formula is C14H29ClO2. The molecule has 2 atom stereocenters. The van der Waals surface area contributed by atoms with E-state index >= 15 is 0 Å². The number of hydrogen-bond donors (Lipinski definition) is 1. The Bertz CT molecular complexity index is 189. The van der Waals surface area contributed by atoms with E-state index in [2.05, 4.69) is 6.92 Å². The Kier molecular flexibility index (Phi) is 8.44. The van der Waals surface area contributed by atoms with Crippen molar-refractivity contribution in [3.63, 3.8) is 0 Å². The maximum absolute atomic E-state index is 10.0. The van der Waals surface area contributed by atoms with E-state index in [0.29, 0.717) is 5.92 Å². The molecule has 0 saturated heterocycles. The van der Waals surface area contributed by atoms with Gasteiger partial charge in [0.25, 0.3) is 0 Å². The van der Waals surface area contributed by atoms with Crippen LogP contribution < -0.4 is 0 Å². The highest BCUT2D eigenvalue weighted by molar-refractivity contribution is 5.85. The van der Waals surface area contributed by atoms with Gasteiger partial charge in [-0.1, -0.05) is 51.9 Å². The highest BCUT2D eigenvalue weighted by Gasteiger charge is 2.30. The van der Waals surface area contributed by atoms with Gasteiger partial charge in [-0.15, -0.1) is 12.4 Å². The Labute approximate surface area is 113 Å². The summed E-state index contributed by atoms with van der Waals surface area (Å²) in [5.41, 5.74) is 0. The molecule has 1 N–H and O–H groups in total. The third-order valence-corrected chi connectivity index (χ3v) is 4.06. The van der Waals surface area contributed by atoms with Crippen molar-refractivity contribution in [2.75, 3.05) is 7.11 Å². The van der Waals surface area contributed by atoms with Gasteiger partial charge in [0.15, 0.2) is 5.79 Å². The molecule has 0 radical (unpaired) electrons. The number of hydrogen-bond acceptors (Lipinski definition) is 2. The molecule has 2 unspecified atom stereocenters. The van der Waals surface area contributed by atoms with Crippen LogP contribution in [0.25, 0.3) is 0 Å². The molecule has 0 bridgehead atoms. The van der Waals surface area contributed by atoms with E-state index in [1.807, 2.05) is 0 Å². The summed E-state index contributed by atoms with van der Waals surface area (Å²) in [6.45, 7) is 4.02. The van der Waals surface area contributed by atoms with Crippen LogP contribution in [0.15, 0.2) is 0 Å². The lowest BCUT2D eigenvalue weighted by Crippen LogP contribution is -2.33. The number of halogens is 1. The molecule has 1 aliphatic carbocycles. The van der Waals surface area contributed by atoms with Crippen molar-refractivity contribution in [2.45, 2.75) is 71.0 Å². The average molecular weight is 265 g/mol. The molecule has 1 rings (SSSR count). The van der Waals surface area contributed by atoms with Crippen LogP contribution in [0.1, 0.15) is 65.2 Å². The molecule has 0 heterocycles. The summed E-state index contributed by atoms with van der Waals surface area (Å²) >= 11 is 0. The van der Waals surface area contributed by atoms with Gasteiger partial charge >= 0.3 is 0 Å².